The van der Waals surface area contributed by atoms with E-state index in [1.54, 1.807) is 0 Å². The van der Waals surface area contributed by atoms with Gasteiger partial charge in [-0.2, -0.15) is 13.2 Å². The predicted molar refractivity (Wildman–Crippen MR) is 68.8 cm³/mol. The van der Waals surface area contributed by atoms with Crippen molar-refractivity contribution in [1.29, 1.82) is 0 Å². The van der Waals surface area contributed by atoms with E-state index in [0.717, 1.165) is 0 Å². The molecule has 0 radical (unpaired) electrons. The highest BCUT2D eigenvalue weighted by Crippen LogP contribution is 2.46. The predicted octanol–water partition coefficient (Wildman–Crippen LogP) is 4.76. The molecule has 0 aromatic rings. The molecule has 0 spiro atoms. The van der Waals surface area contributed by atoms with Crippen LogP contribution in [0, 0.1) is 10.8 Å². The van der Waals surface area contributed by atoms with Gasteiger partial charge in [-0.15, -0.1) is 11.6 Å². The molecule has 1 nitrogen and oxygen atoms in total. The number of halogens is 4. The van der Waals surface area contributed by atoms with Crippen LogP contribution in [0.25, 0.3) is 0 Å². The van der Waals surface area contributed by atoms with Gasteiger partial charge in [-0.05, 0) is 30.1 Å². The fourth-order valence-electron chi connectivity index (χ4n) is 1.56. The second-order valence-corrected chi connectivity index (χ2v) is 6.55. The topological polar surface area (TPSA) is 20.2 Å². The molecule has 1 atom stereocenters. The average molecular weight is 289 g/mol. The minimum atomic E-state index is -4.58. The van der Waals surface area contributed by atoms with Gasteiger partial charge in [0.1, 0.15) is 0 Å². The highest BCUT2D eigenvalue weighted by atomic mass is 35.5. The summed E-state index contributed by atoms with van der Waals surface area (Å²) in [5, 5.41) is 9.70. The molecule has 0 aliphatic carbocycles. The number of alkyl halides is 4. The van der Waals surface area contributed by atoms with Crippen molar-refractivity contribution in [3.63, 3.8) is 0 Å². The van der Waals surface area contributed by atoms with Crippen LogP contribution in [0.1, 0.15) is 53.9 Å². The Kier molecular flexibility index (Phi) is 5.59. The van der Waals surface area contributed by atoms with E-state index in [4.69, 9.17) is 11.6 Å². The fourth-order valence-corrected chi connectivity index (χ4v) is 1.92. The summed E-state index contributed by atoms with van der Waals surface area (Å²) in [6, 6.07) is 0. The molecule has 1 unspecified atom stereocenters. The van der Waals surface area contributed by atoms with E-state index in [1.807, 2.05) is 27.7 Å². The van der Waals surface area contributed by atoms with Crippen LogP contribution in [0.4, 0.5) is 13.2 Å². The molecule has 0 heterocycles. The first kappa shape index (κ1) is 18.0. The van der Waals surface area contributed by atoms with Crippen molar-refractivity contribution < 1.29 is 18.3 Å². The summed E-state index contributed by atoms with van der Waals surface area (Å²) in [5.74, 6) is 0.372. The molecule has 0 aliphatic heterocycles. The van der Waals surface area contributed by atoms with Gasteiger partial charge >= 0.3 is 6.18 Å². The third kappa shape index (κ3) is 3.77. The summed E-state index contributed by atoms with van der Waals surface area (Å²) >= 11 is 5.87. The molecule has 0 aliphatic rings. The lowest BCUT2D eigenvalue weighted by Gasteiger charge is -2.42. The van der Waals surface area contributed by atoms with E-state index < -0.39 is 11.8 Å². The van der Waals surface area contributed by atoms with Crippen LogP contribution in [0.2, 0.25) is 0 Å². The number of hydrogen-bond acceptors (Lipinski definition) is 1. The van der Waals surface area contributed by atoms with Crippen LogP contribution in [-0.4, -0.2) is 22.8 Å². The normalized spacial score (nSPS) is 17.7. The van der Waals surface area contributed by atoms with Crippen molar-refractivity contribution in [3.05, 3.63) is 0 Å². The zero-order valence-electron chi connectivity index (χ0n) is 11.8. The third-order valence-corrected chi connectivity index (χ3v) is 5.11. The van der Waals surface area contributed by atoms with E-state index in [0.29, 0.717) is 5.88 Å². The van der Waals surface area contributed by atoms with E-state index in [2.05, 4.69) is 0 Å². The first-order valence-corrected chi connectivity index (χ1v) is 6.71. The lowest BCUT2D eigenvalue weighted by atomic mass is 9.65. The minimum absolute atomic E-state index is 0.274. The van der Waals surface area contributed by atoms with Gasteiger partial charge in [0.25, 0.3) is 0 Å². The fraction of sp³-hybridized carbons (Fsp3) is 1.00. The SMILES string of the molecule is CCC(O)(CCC(C)(C)C(C)(C)CCl)C(F)(F)F. The maximum absolute atomic E-state index is 12.8. The highest BCUT2D eigenvalue weighted by molar-refractivity contribution is 6.18. The molecular formula is C13H24ClF3O. The molecule has 5 heteroatoms. The zero-order chi connectivity index (χ0) is 14.8. The van der Waals surface area contributed by atoms with Crippen molar-refractivity contribution >= 4 is 11.6 Å². The van der Waals surface area contributed by atoms with Crippen molar-refractivity contribution in [2.24, 2.45) is 10.8 Å². The maximum atomic E-state index is 12.8. The molecule has 0 aromatic carbocycles. The van der Waals surface area contributed by atoms with Gasteiger partial charge < -0.3 is 5.11 Å². The minimum Gasteiger partial charge on any atom is -0.380 e. The van der Waals surface area contributed by atoms with Crippen LogP contribution in [0.15, 0.2) is 0 Å². The van der Waals surface area contributed by atoms with Crippen LogP contribution in [-0.2, 0) is 0 Å². The maximum Gasteiger partial charge on any atom is 0.417 e. The zero-order valence-corrected chi connectivity index (χ0v) is 12.5. The van der Waals surface area contributed by atoms with Crippen LogP contribution >= 0.6 is 11.6 Å². The van der Waals surface area contributed by atoms with Crippen LogP contribution in [0.3, 0.4) is 0 Å². The molecule has 0 fully saturated rings. The van der Waals surface area contributed by atoms with Crippen molar-refractivity contribution in [3.8, 4) is 0 Å². The molecule has 0 saturated heterocycles. The van der Waals surface area contributed by atoms with Gasteiger partial charge in [0.15, 0.2) is 5.60 Å². The van der Waals surface area contributed by atoms with Crippen molar-refractivity contribution in [2.75, 3.05) is 5.88 Å². The Bertz CT molecular complexity index is 274. The molecule has 0 aromatic heterocycles. The van der Waals surface area contributed by atoms with E-state index >= 15 is 0 Å². The largest absolute Gasteiger partial charge is 0.417 e. The second-order valence-electron chi connectivity index (χ2n) is 6.28. The van der Waals surface area contributed by atoms with E-state index in [1.165, 1.54) is 6.92 Å². The Hall–Kier alpha value is 0.0400. The van der Waals surface area contributed by atoms with Gasteiger partial charge in [-0.1, -0.05) is 34.6 Å². The van der Waals surface area contributed by atoms with Gasteiger partial charge in [0, 0.05) is 5.88 Å². The smallest absolute Gasteiger partial charge is 0.380 e. The summed E-state index contributed by atoms with van der Waals surface area (Å²) in [6.45, 7) is 8.99. The molecule has 110 valence electrons. The Morgan fingerprint density at radius 3 is 1.67 bits per heavy atom. The van der Waals surface area contributed by atoms with E-state index in [9.17, 15) is 18.3 Å². The van der Waals surface area contributed by atoms with Gasteiger partial charge in [-0.3, -0.25) is 0 Å². The molecule has 18 heavy (non-hydrogen) atoms. The molecule has 0 rings (SSSR count). The average Bonchev–Trinajstić information content (AvgIpc) is 2.24. The lowest BCUT2D eigenvalue weighted by Crippen LogP contribution is -2.46. The first-order valence-electron chi connectivity index (χ1n) is 6.18. The molecular weight excluding hydrogens is 265 g/mol. The monoisotopic (exact) mass is 288 g/mol. The second kappa shape index (κ2) is 5.58. The van der Waals surface area contributed by atoms with Gasteiger partial charge in [0.2, 0.25) is 0 Å². The number of hydrogen-bond donors (Lipinski definition) is 1. The summed E-state index contributed by atoms with van der Waals surface area (Å²) in [6.07, 6.45) is -4.92. The quantitative estimate of drug-likeness (QED) is 0.699. The summed E-state index contributed by atoms with van der Waals surface area (Å²) in [4.78, 5) is 0. The standard InChI is InChI=1S/C13H24ClF3O/c1-6-12(18,13(15,16)17)8-7-10(2,3)11(4,5)9-14/h18H,6-9H2,1-5H3. The third-order valence-electron chi connectivity index (χ3n) is 4.44. The van der Waals surface area contributed by atoms with Crippen molar-refractivity contribution in [2.45, 2.75) is 65.7 Å². The lowest BCUT2D eigenvalue weighted by molar-refractivity contribution is -0.265. The van der Waals surface area contributed by atoms with Crippen LogP contribution < -0.4 is 0 Å². The van der Waals surface area contributed by atoms with Gasteiger partial charge in [-0.25, -0.2) is 0 Å². The molecule has 1 N–H and O–H groups in total. The van der Waals surface area contributed by atoms with Crippen LogP contribution in [0.5, 0.6) is 0 Å². The Morgan fingerprint density at radius 2 is 1.39 bits per heavy atom. The molecule has 0 bridgehead atoms. The summed E-state index contributed by atoms with van der Waals surface area (Å²) < 4.78 is 38.3. The summed E-state index contributed by atoms with van der Waals surface area (Å²) in [5.41, 5.74) is -3.25. The van der Waals surface area contributed by atoms with Crippen molar-refractivity contribution in [1.82, 2.24) is 0 Å². The Balaban J connectivity index is 4.85. The number of aliphatic hydroxyl groups is 1. The Labute approximate surface area is 113 Å². The first-order chi connectivity index (χ1) is 7.83. The molecule has 0 amide bonds. The Morgan fingerprint density at radius 1 is 0.944 bits per heavy atom. The number of rotatable bonds is 6. The van der Waals surface area contributed by atoms with Gasteiger partial charge in [0.05, 0.1) is 0 Å². The highest BCUT2D eigenvalue weighted by Gasteiger charge is 2.53. The van der Waals surface area contributed by atoms with E-state index in [-0.39, 0.29) is 30.1 Å². The summed E-state index contributed by atoms with van der Waals surface area (Å²) in [7, 11) is 0. The molecule has 0 saturated carbocycles.